The van der Waals surface area contributed by atoms with Gasteiger partial charge in [-0.25, -0.2) is 9.78 Å². The van der Waals surface area contributed by atoms with Gasteiger partial charge in [0.25, 0.3) is 0 Å². The highest BCUT2D eigenvalue weighted by Crippen LogP contribution is 2.31. The van der Waals surface area contributed by atoms with Gasteiger partial charge in [0.05, 0.1) is 5.01 Å². The van der Waals surface area contributed by atoms with E-state index in [4.69, 9.17) is 0 Å². The number of anilines is 1. The average Bonchev–Trinajstić information content (AvgIpc) is 3.57. The molecule has 2 atom stereocenters. The molecule has 4 aromatic rings. The van der Waals surface area contributed by atoms with E-state index in [1.165, 1.54) is 0 Å². The van der Waals surface area contributed by atoms with Crippen molar-refractivity contribution >= 4 is 39.9 Å². The second kappa shape index (κ2) is 12.2. The standard InChI is InChI=1S/C31H38N6O2S/c1-20-19-40-30(33-20)23-12-14-37(15-13-23)31(39)35-28(21(2)26-17-32-27-11-6-5-10-25(26)27)29(38)34-24-9-7-8-22(16-24)18-36(3)4/h5-11,16-17,19,21,23,28,32H,12-15,18H2,1-4H3,(H,34,38)(H,35,39)/t21-,28-/m1/s1. The minimum absolute atomic E-state index is 0.207. The highest BCUT2D eigenvalue weighted by Gasteiger charge is 2.33. The van der Waals surface area contributed by atoms with Crippen molar-refractivity contribution in [3.05, 3.63) is 81.9 Å². The van der Waals surface area contributed by atoms with E-state index in [1.54, 1.807) is 11.3 Å². The maximum atomic E-state index is 13.8. The Hall–Kier alpha value is -3.69. The van der Waals surface area contributed by atoms with Crippen molar-refractivity contribution in [3.8, 4) is 0 Å². The summed E-state index contributed by atoms with van der Waals surface area (Å²) >= 11 is 1.70. The second-order valence-electron chi connectivity index (χ2n) is 11.0. The van der Waals surface area contributed by atoms with E-state index in [9.17, 15) is 9.59 Å². The van der Waals surface area contributed by atoms with E-state index >= 15 is 0 Å². The summed E-state index contributed by atoms with van der Waals surface area (Å²) in [6.07, 6.45) is 3.68. The highest BCUT2D eigenvalue weighted by atomic mass is 32.1. The first kappa shape index (κ1) is 27.9. The van der Waals surface area contributed by atoms with Crippen LogP contribution in [0.25, 0.3) is 10.9 Å². The number of urea groups is 1. The lowest BCUT2D eigenvalue weighted by Gasteiger charge is -2.33. The number of carbonyl (C=O) groups is 2. The van der Waals surface area contributed by atoms with E-state index in [1.807, 2.05) is 87.6 Å². The van der Waals surface area contributed by atoms with E-state index in [0.717, 1.165) is 52.1 Å². The molecule has 1 aliphatic rings. The van der Waals surface area contributed by atoms with Crippen LogP contribution in [-0.4, -0.2) is 64.9 Å². The SMILES string of the molecule is Cc1csc(C2CCN(C(=O)N[C@@H](C(=O)Nc3cccc(CN(C)C)c3)[C@H](C)c3c[nH]c4ccccc34)CC2)n1. The Balaban J connectivity index is 1.34. The van der Waals surface area contributed by atoms with Crippen molar-refractivity contribution in [1.82, 2.24) is 25.1 Å². The highest BCUT2D eigenvalue weighted by molar-refractivity contribution is 7.09. The molecule has 0 bridgehead atoms. The zero-order chi connectivity index (χ0) is 28.2. The third kappa shape index (κ3) is 6.37. The van der Waals surface area contributed by atoms with Gasteiger partial charge in [0.15, 0.2) is 0 Å². The molecule has 0 aliphatic carbocycles. The first-order valence-corrected chi connectivity index (χ1v) is 14.7. The summed E-state index contributed by atoms with van der Waals surface area (Å²) in [6.45, 7) is 6.06. The molecule has 1 aliphatic heterocycles. The average molecular weight is 559 g/mol. The largest absolute Gasteiger partial charge is 0.361 e. The van der Waals surface area contributed by atoms with Gasteiger partial charge in [-0.15, -0.1) is 11.3 Å². The van der Waals surface area contributed by atoms with Gasteiger partial charge < -0.3 is 25.4 Å². The zero-order valence-corrected chi connectivity index (χ0v) is 24.4. The predicted molar refractivity (Wildman–Crippen MR) is 162 cm³/mol. The molecule has 0 spiro atoms. The molecule has 2 aromatic carbocycles. The molecule has 0 radical (unpaired) electrons. The number of hydrogen-bond acceptors (Lipinski definition) is 5. The predicted octanol–water partition coefficient (Wildman–Crippen LogP) is 5.69. The number of aromatic nitrogens is 2. The molecule has 2 aromatic heterocycles. The van der Waals surface area contributed by atoms with Crippen LogP contribution in [0.2, 0.25) is 0 Å². The van der Waals surface area contributed by atoms with Gasteiger partial charge in [-0.3, -0.25) is 4.79 Å². The number of rotatable bonds is 8. The fourth-order valence-electron chi connectivity index (χ4n) is 5.51. The third-order valence-electron chi connectivity index (χ3n) is 7.63. The van der Waals surface area contributed by atoms with Crippen LogP contribution in [0.4, 0.5) is 10.5 Å². The van der Waals surface area contributed by atoms with Gasteiger partial charge in [0.2, 0.25) is 5.91 Å². The Morgan fingerprint density at radius 3 is 2.65 bits per heavy atom. The van der Waals surface area contributed by atoms with Crippen LogP contribution in [0.1, 0.15) is 53.4 Å². The van der Waals surface area contributed by atoms with Gasteiger partial charge >= 0.3 is 6.03 Å². The minimum Gasteiger partial charge on any atom is -0.361 e. The number of aryl methyl sites for hydroxylation is 1. The number of thiazole rings is 1. The molecule has 40 heavy (non-hydrogen) atoms. The van der Waals surface area contributed by atoms with Gasteiger partial charge in [-0.2, -0.15) is 0 Å². The Labute approximate surface area is 239 Å². The number of benzene rings is 2. The van der Waals surface area contributed by atoms with E-state index < -0.39 is 6.04 Å². The molecule has 3 N–H and O–H groups in total. The molecule has 210 valence electrons. The monoisotopic (exact) mass is 558 g/mol. The van der Waals surface area contributed by atoms with Gasteiger partial charge in [-0.05, 0) is 63.2 Å². The number of hydrogen-bond donors (Lipinski definition) is 3. The number of aromatic amines is 1. The summed E-state index contributed by atoms with van der Waals surface area (Å²) in [5.74, 6) is -0.122. The molecule has 3 amide bonds. The van der Waals surface area contributed by atoms with Gasteiger partial charge in [-0.1, -0.05) is 37.3 Å². The smallest absolute Gasteiger partial charge is 0.318 e. The van der Waals surface area contributed by atoms with Crippen LogP contribution in [0.15, 0.2) is 60.1 Å². The lowest BCUT2D eigenvalue weighted by molar-refractivity contribution is -0.118. The molecule has 3 heterocycles. The fourth-order valence-corrected chi connectivity index (χ4v) is 6.48. The zero-order valence-electron chi connectivity index (χ0n) is 23.6. The maximum absolute atomic E-state index is 13.8. The lowest BCUT2D eigenvalue weighted by atomic mass is 9.92. The summed E-state index contributed by atoms with van der Waals surface area (Å²) in [5, 5.41) is 10.5. The molecule has 0 unspecified atom stereocenters. The number of amides is 3. The van der Waals surface area contributed by atoms with Gasteiger partial charge in [0, 0.05) is 65.3 Å². The van der Waals surface area contributed by atoms with Gasteiger partial charge in [0.1, 0.15) is 6.04 Å². The number of likely N-dealkylation sites (tertiary alicyclic amines) is 1. The molecule has 5 rings (SSSR count). The first-order chi connectivity index (χ1) is 19.3. The number of nitrogens with one attached hydrogen (secondary N) is 3. The number of nitrogens with zero attached hydrogens (tertiary/aromatic N) is 3. The number of H-pyrrole nitrogens is 1. The molecule has 9 heteroatoms. The first-order valence-electron chi connectivity index (χ1n) is 13.9. The number of carbonyl (C=O) groups excluding carboxylic acids is 2. The summed E-state index contributed by atoms with van der Waals surface area (Å²) in [4.78, 5) is 39.2. The van der Waals surface area contributed by atoms with E-state index in [2.05, 4.69) is 30.9 Å². The number of para-hydroxylation sites is 1. The Morgan fingerprint density at radius 2 is 1.93 bits per heavy atom. The third-order valence-corrected chi connectivity index (χ3v) is 8.76. The molecule has 1 fully saturated rings. The number of fused-ring (bicyclic) bond motifs is 1. The Kier molecular flexibility index (Phi) is 8.52. The number of piperidine rings is 1. The van der Waals surface area contributed by atoms with Crippen molar-refractivity contribution in [2.24, 2.45) is 0 Å². The lowest BCUT2D eigenvalue weighted by Crippen LogP contribution is -2.53. The molecule has 0 saturated carbocycles. The van der Waals surface area contributed by atoms with Crippen molar-refractivity contribution in [1.29, 1.82) is 0 Å². The normalized spacial score (nSPS) is 15.8. The maximum Gasteiger partial charge on any atom is 0.318 e. The minimum atomic E-state index is -0.761. The van der Waals surface area contributed by atoms with Crippen molar-refractivity contribution in [2.75, 3.05) is 32.5 Å². The molecule has 8 nitrogen and oxygen atoms in total. The van der Waals surface area contributed by atoms with Crippen molar-refractivity contribution in [2.45, 2.75) is 51.1 Å². The fraction of sp³-hybridized carbons (Fsp3) is 0.387. The van der Waals surface area contributed by atoms with Crippen LogP contribution < -0.4 is 10.6 Å². The molecular weight excluding hydrogens is 520 g/mol. The Bertz CT molecular complexity index is 1470. The van der Waals surface area contributed by atoms with Crippen molar-refractivity contribution in [3.63, 3.8) is 0 Å². The summed E-state index contributed by atoms with van der Waals surface area (Å²) in [6, 6.07) is 14.9. The Morgan fingerprint density at radius 1 is 1.15 bits per heavy atom. The van der Waals surface area contributed by atoms with E-state index in [-0.39, 0.29) is 17.9 Å². The van der Waals surface area contributed by atoms with Crippen LogP contribution in [0.5, 0.6) is 0 Å². The quantitative estimate of drug-likeness (QED) is 0.259. The van der Waals surface area contributed by atoms with Crippen molar-refractivity contribution < 1.29 is 9.59 Å². The van der Waals surface area contributed by atoms with Crippen LogP contribution in [0, 0.1) is 6.92 Å². The van der Waals surface area contributed by atoms with E-state index in [0.29, 0.717) is 24.7 Å². The van der Waals surface area contributed by atoms with Crippen LogP contribution in [0.3, 0.4) is 0 Å². The van der Waals surface area contributed by atoms with Crippen LogP contribution >= 0.6 is 11.3 Å². The molecular formula is C31H38N6O2S. The summed E-state index contributed by atoms with van der Waals surface area (Å²) < 4.78 is 0. The second-order valence-corrected chi connectivity index (χ2v) is 11.9. The molecule has 1 saturated heterocycles. The topological polar surface area (TPSA) is 93.4 Å². The summed E-state index contributed by atoms with van der Waals surface area (Å²) in [7, 11) is 4.03. The summed E-state index contributed by atoms with van der Waals surface area (Å²) in [5.41, 5.74) is 4.87. The van der Waals surface area contributed by atoms with Crippen LogP contribution in [-0.2, 0) is 11.3 Å².